The molecule has 1 aromatic heterocycles. The Labute approximate surface area is 117 Å². The number of hydrogen-bond donors (Lipinski definition) is 2. The van der Waals surface area contributed by atoms with Crippen molar-refractivity contribution in [2.45, 2.75) is 25.8 Å². The van der Waals surface area contributed by atoms with Gasteiger partial charge in [-0.15, -0.1) is 0 Å². The lowest BCUT2D eigenvalue weighted by Gasteiger charge is -2.06. The highest BCUT2D eigenvalue weighted by Crippen LogP contribution is 2.28. The van der Waals surface area contributed by atoms with Crippen molar-refractivity contribution in [3.05, 3.63) is 24.2 Å². The molecule has 0 bridgehead atoms. The van der Waals surface area contributed by atoms with Crippen LogP contribution in [0.15, 0.2) is 23.0 Å². The van der Waals surface area contributed by atoms with E-state index in [1.165, 1.54) is 25.4 Å². The molecule has 1 heterocycles. The molecular weight excluding hydrogens is 260 g/mol. The largest absolute Gasteiger partial charge is 0.472 e. The van der Waals surface area contributed by atoms with Gasteiger partial charge in [-0.3, -0.25) is 9.59 Å². The molecule has 0 saturated heterocycles. The standard InChI is InChI=1S/C14H20N2O4/c17-13(14(18)16-8-12-4-7-20-10-12)15-5-1-6-19-9-11-2-3-11/h4,7,10-11H,1-3,5-6,8-9H2,(H,15,17)(H,16,18). The number of carbonyl (C=O) groups is 2. The molecule has 1 fully saturated rings. The van der Waals surface area contributed by atoms with Gasteiger partial charge in [-0.05, 0) is 31.2 Å². The Kier molecular flexibility index (Phi) is 5.61. The third-order valence-corrected chi connectivity index (χ3v) is 3.04. The number of furan rings is 1. The zero-order valence-corrected chi connectivity index (χ0v) is 11.4. The normalized spacial score (nSPS) is 14.0. The summed E-state index contributed by atoms with van der Waals surface area (Å²) < 4.78 is 10.3. The maximum Gasteiger partial charge on any atom is 0.309 e. The van der Waals surface area contributed by atoms with Crippen molar-refractivity contribution in [2.24, 2.45) is 5.92 Å². The fourth-order valence-corrected chi connectivity index (χ4v) is 1.65. The zero-order chi connectivity index (χ0) is 14.2. The van der Waals surface area contributed by atoms with E-state index in [1.54, 1.807) is 6.07 Å². The number of amides is 2. The van der Waals surface area contributed by atoms with E-state index in [0.29, 0.717) is 19.6 Å². The number of carbonyl (C=O) groups excluding carboxylic acids is 2. The summed E-state index contributed by atoms with van der Waals surface area (Å²) in [6.07, 6.45) is 6.30. The molecule has 1 saturated carbocycles. The molecule has 2 amide bonds. The highest BCUT2D eigenvalue weighted by molar-refractivity contribution is 6.35. The van der Waals surface area contributed by atoms with E-state index in [2.05, 4.69) is 10.6 Å². The first-order chi connectivity index (χ1) is 9.75. The summed E-state index contributed by atoms with van der Waals surface area (Å²) in [6.45, 7) is 2.17. The van der Waals surface area contributed by atoms with Crippen LogP contribution in [-0.4, -0.2) is 31.6 Å². The Balaban J connectivity index is 1.48. The van der Waals surface area contributed by atoms with Crippen LogP contribution < -0.4 is 10.6 Å². The summed E-state index contributed by atoms with van der Waals surface area (Å²) in [5.74, 6) is -0.501. The van der Waals surface area contributed by atoms with Gasteiger partial charge in [0.05, 0.1) is 12.5 Å². The van der Waals surface area contributed by atoms with E-state index >= 15 is 0 Å². The summed E-state index contributed by atoms with van der Waals surface area (Å²) in [5, 5.41) is 5.08. The second-order valence-corrected chi connectivity index (χ2v) is 4.94. The van der Waals surface area contributed by atoms with Crippen molar-refractivity contribution in [3.8, 4) is 0 Å². The minimum Gasteiger partial charge on any atom is -0.472 e. The van der Waals surface area contributed by atoms with Crippen molar-refractivity contribution >= 4 is 11.8 Å². The molecule has 0 radical (unpaired) electrons. The zero-order valence-electron chi connectivity index (χ0n) is 11.4. The third kappa shape index (κ3) is 5.44. The van der Waals surface area contributed by atoms with Crippen LogP contribution in [0.3, 0.4) is 0 Å². The van der Waals surface area contributed by atoms with Gasteiger partial charge in [0.25, 0.3) is 0 Å². The van der Waals surface area contributed by atoms with Crippen LogP contribution in [0.25, 0.3) is 0 Å². The molecule has 0 unspecified atom stereocenters. The molecule has 0 atom stereocenters. The van der Waals surface area contributed by atoms with Gasteiger partial charge in [0.2, 0.25) is 0 Å². The Morgan fingerprint density at radius 1 is 1.30 bits per heavy atom. The van der Waals surface area contributed by atoms with Crippen LogP contribution in [0.5, 0.6) is 0 Å². The molecular formula is C14H20N2O4. The fraction of sp³-hybridized carbons (Fsp3) is 0.571. The highest BCUT2D eigenvalue weighted by atomic mass is 16.5. The number of nitrogens with one attached hydrogen (secondary N) is 2. The number of hydrogen-bond acceptors (Lipinski definition) is 4. The molecule has 1 aliphatic carbocycles. The lowest BCUT2D eigenvalue weighted by Crippen LogP contribution is -2.40. The summed E-state index contributed by atoms with van der Waals surface area (Å²) >= 11 is 0. The first kappa shape index (κ1) is 14.6. The highest BCUT2D eigenvalue weighted by Gasteiger charge is 2.20. The van der Waals surface area contributed by atoms with Gasteiger partial charge in [-0.1, -0.05) is 0 Å². The van der Waals surface area contributed by atoms with Crippen LogP contribution in [-0.2, 0) is 20.9 Å². The minimum atomic E-state index is -0.634. The van der Waals surface area contributed by atoms with Crippen molar-refractivity contribution in [2.75, 3.05) is 19.8 Å². The average molecular weight is 280 g/mol. The minimum absolute atomic E-state index is 0.285. The first-order valence-corrected chi connectivity index (χ1v) is 6.90. The number of rotatable bonds is 8. The van der Waals surface area contributed by atoms with Crippen molar-refractivity contribution in [1.82, 2.24) is 10.6 Å². The Morgan fingerprint density at radius 3 is 2.80 bits per heavy atom. The molecule has 0 aliphatic heterocycles. The molecule has 1 aromatic rings. The van der Waals surface area contributed by atoms with Crippen molar-refractivity contribution in [1.29, 1.82) is 0 Å². The van der Waals surface area contributed by atoms with Crippen LogP contribution in [0, 0.1) is 5.92 Å². The van der Waals surface area contributed by atoms with E-state index in [4.69, 9.17) is 9.15 Å². The van der Waals surface area contributed by atoms with E-state index < -0.39 is 11.8 Å². The van der Waals surface area contributed by atoms with E-state index in [0.717, 1.165) is 18.1 Å². The summed E-state index contributed by atoms with van der Waals surface area (Å²) in [7, 11) is 0. The van der Waals surface area contributed by atoms with E-state index in [1.807, 2.05) is 0 Å². The molecule has 2 N–H and O–H groups in total. The van der Waals surface area contributed by atoms with Gasteiger partial charge in [0.15, 0.2) is 0 Å². The molecule has 110 valence electrons. The second-order valence-electron chi connectivity index (χ2n) is 4.94. The van der Waals surface area contributed by atoms with Crippen molar-refractivity contribution in [3.63, 3.8) is 0 Å². The van der Waals surface area contributed by atoms with Crippen LogP contribution in [0.2, 0.25) is 0 Å². The Bertz CT molecular complexity index is 426. The van der Waals surface area contributed by atoms with Gasteiger partial charge >= 0.3 is 11.8 Å². The quantitative estimate of drug-likeness (QED) is 0.546. The third-order valence-electron chi connectivity index (χ3n) is 3.04. The van der Waals surface area contributed by atoms with Gasteiger partial charge in [0, 0.05) is 31.9 Å². The predicted octanol–water partition coefficient (Wildman–Crippen LogP) is 0.829. The second kappa shape index (κ2) is 7.69. The van der Waals surface area contributed by atoms with Crippen molar-refractivity contribution < 1.29 is 18.7 Å². The SMILES string of the molecule is O=C(NCCCOCC1CC1)C(=O)NCc1ccoc1. The van der Waals surface area contributed by atoms with Gasteiger partial charge < -0.3 is 19.8 Å². The van der Waals surface area contributed by atoms with Crippen LogP contribution in [0.4, 0.5) is 0 Å². The lowest BCUT2D eigenvalue weighted by molar-refractivity contribution is -0.139. The van der Waals surface area contributed by atoms with E-state index in [9.17, 15) is 9.59 Å². The summed E-state index contributed by atoms with van der Waals surface area (Å²) in [5.41, 5.74) is 0.819. The average Bonchev–Trinajstić information content (AvgIpc) is 3.13. The molecule has 2 rings (SSSR count). The van der Waals surface area contributed by atoms with Crippen LogP contribution in [0.1, 0.15) is 24.8 Å². The lowest BCUT2D eigenvalue weighted by atomic mass is 10.3. The molecule has 0 spiro atoms. The van der Waals surface area contributed by atoms with Crippen LogP contribution >= 0.6 is 0 Å². The smallest absolute Gasteiger partial charge is 0.309 e. The van der Waals surface area contributed by atoms with Gasteiger partial charge in [0.1, 0.15) is 0 Å². The summed E-state index contributed by atoms with van der Waals surface area (Å²) in [6, 6.07) is 1.73. The Hall–Kier alpha value is -1.82. The fourth-order valence-electron chi connectivity index (χ4n) is 1.65. The molecule has 6 nitrogen and oxygen atoms in total. The summed E-state index contributed by atoms with van der Waals surface area (Å²) in [4.78, 5) is 22.9. The monoisotopic (exact) mass is 280 g/mol. The molecule has 20 heavy (non-hydrogen) atoms. The Morgan fingerprint density at radius 2 is 2.10 bits per heavy atom. The maximum atomic E-state index is 11.5. The number of ether oxygens (including phenoxy) is 1. The predicted molar refractivity (Wildman–Crippen MR) is 71.7 cm³/mol. The maximum absolute atomic E-state index is 11.5. The first-order valence-electron chi connectivity index (χ1n) is 6.90. The topological polar surface area (TPSA) is 80.6 Å². The molecule has 1 aliphatic rings. The molecule has 6 heteroatoms. The van der Waals surface area contributed by atoms with Gasteiger partial charge in [-0.2, -0.15) is 0 Å². The van der Waals surface area contributed by atoms with E-state index in [-0.39, 0.29) is 6.54 Å². The van der Waals surface area contributed by atoms with Gasteiger partial charge in [-0.25, -0.2) is 0 Å². The molecule has 0 aromatic carbocycles.